The molecule has 0 aliphatic carbocycles. The molecule has 0 radical (unpaired) electrons. The summed E-state index contributed by atoms with van der Waals surface area (Å²) in [6.07, 6.45) is 4.53. The van der Waals surface area contributed by atoms with Crippen LogP contribution in [0.3, 0.4) is 0 Å². The van der Waals surface area contributed by atoms with E-state index in [0.717, 1.165) is 44.7 Å². The fourth-order valence-corrected chi connectivity index (χ4v) is 5.03. The van der Waals surface area contributed by atoms with E-state index >= 15 is 0 Å². The zero-order valence-electron chi connectivity index (χ0n) is 15.9. The first-order chi connectivity index (χ1) is 13.2. The quantitative estimate of drug-likeness (QED) is 0.793. The molecule has 146 valence electrons. The number of carbonyl (C=O) groups is 1. The Morgan fingerprint density at radius 1 is 1.37 bits per heavy atom. The Bertz CT molecular complexity index is 746. The smallest absolute Gasteiger partial charge is 0.273 e. The lowest BCUT2D eigenvalue weighted by Gasteiger charge is -2.26. The molecule has 1 atom stereocenters. The molecule has 1 amide bonds. The molecule has 27 heavy (non-hydrogen) atoms. The number of carbonyl (C=O) groups excluding carboxylic acids is 1. The number of hydrogen-bond acceptors (Lipinski definition) is 6. The Morgan fingerprint density at radius 3 is 2.85 bits per heavy atom. The van der Waals surface area contributed by atoms with Crippen molar-refractivity contribution in [3.8, 4) is 0 Å². The summed E-state index contributed by atoms with van der Waals surface area (Å²) < 4.78 is 1.94. The molecule has 8 heteroatoms. The van der Waals surface area contributed by atoms with Crippen molar-refractivity contribution >= 4 is 17.2 Å². The maximum atomic E-state index is 12.8. The minimum Gasteiger partial charge on any atom is -0.349 e. The number of aromatic nitrogens is 3. The van der Waals surface area contributed by atoms with Crippen LogP contribution in [-0.2, 0) is 0 Å². The first-order valence-electron chi connectivity index (χ1n) is 9.92. The summed E-state index contributed by atoms with van der Waals surface area (Å²) >= 11 is 1.76. The number of nitrogens with one attached hydrogen (secondary N) is 2. The molecule has 0 aromatic carbocycles. The molecule has 2 aliphatic rings. The van der Waals surface area contributed by atoms with Crippen molar-refractivity contribution in [2.45, 2.75) is 44.7 Å². The summed E-state index contributed by atoms with van der Waals surface area (Å²) in [6, 6.07) is 4.83. The first-order valence-corrected chi connectivity index (χ1v) is 10.8. The summed E-state index contributed by atoms with van der Waals surface area (Å²) in [6.45, 7) is 6.74. The van der Waals surface area contributed by atoms with Crippen LogP contribution in [-0.4, -0.2) is 58.5 Å². The van der Waals surface area contributed by atoms with Crippen molar-refractivity contribution in [3.63, 3.8) is 0 Å². The fraction of sp³-hybridized carbons (Fsp3) is 0.632. The van der Waals surface area contributed by atoms with Crippen LogP contribution in [0.4, 0.5) is 0 Å². The highest BCUT2D eigenvalue weighted by atomic mass is 32.1. The Kier molecular flexibility index (Phi) is 5.85. The van der Waals surface area contributed by atoms with E-state index in [2.05, 4.69) is 43.4 Å². The average Bonchev–Trinajstić information content (AvgIpc) is 3.45. The average molecular weight is 389 g/mol. The maximum Gasteiger partial charge on any atom is 0.273 e. The van der Waals surface area contributed by atoms with Crippen LogP contribution in [0.1, 0.15) is 58.8 Å². The largest absolute Gasteiger partial charge is 0.349 e. The molecule has 2 saturated heterocycles. The van der Waals surface area contributed by atoms with Gasteiger partial charge in [0, 0.05) is 11.4 Å². The zero-order valence-corrected chi connectivity index (χ0v) is 16.7. The van der Waals surface area contributed by atoms with Gasteiger partial charge in [-0.2, -0.15) is 0 Å². The second-order valence-corrected chi connectivity index (χ2v) is 8.41. The van der Waals surface area contributed by atoms with Crippen LogP contribution in [0.25, 0.3) is 0 Å². The van der Waals surface area contributed by atoms with Gasteiger partial charge in [-0.3, -0.25) is 9.69 Å². The molecule has 2 aromatic rings. The number of thiophene rings is 1. The van der Waals surface area contributed by atoms with Crippen LogP contribution >= 0.6 is 11.3 Å². The Balaban J connectivity index is 1.43. The van der Waals surface area contributed by atoms with E-state index in [1.54, 1.807) is 11.3 Å². The van der Waals surface area contributed by atoms with E-state index in [4.69, 9.17) is 0 Å². The highest BCUT2D eigenvalue weighted by Crippen LogP contribution is 2.28. The number of amides is 1. The minimum absolute atomic E-state index is 0.117. The number of piperidine rings is 1. The van der Waals surface area contributed by atoms with Gasteiger partial charge in [0.1, 0.15) is 0 Å². The van der Waals surface area contributed by atoms with Gasteiger partial charge in [-0.1, -0.05) is 11.3 Å². The van der Waals surface area contributed by atoms with E-state index in [-0.39, 0.29) is 11.9 Å². The molecule has 7 nitrogen and oxygen atoms in total. The zero-order chi connectivity index (χ0) is 18.6. The minimum atomic E-state index is -0.117. The molecule has 4 heterocycles. The SMILES string of the molecule is Cc1c(C(=O)NCC(c2cccs2)N2CCCC2)nnn1C1CCNCC1. The third kappa shape index (κ3) is 4.07. The number of rotatable bonds is 6. The Morgan fingerprint density at radius 2 is 2.15 bits per heavy atom. The fourth-order valence-electron chi connectivity index (χ4n) is 4.17. The van der Waals surface area contributed by atoms with Gasteiger partial charge in [-0.25, -0.2) is 4.68 Å². The molecule has 2 aromatic heterocycles. The van der Waals surface area contributed by atoms with Crippen molar-refractivity contribution in [1.29, 1.82) is 0 Å². The van der Waals surface area contributed by atoms with Crippen LogP contribution in [0.2, 0.25) is 0 Å². The van der Waals surface area contributed by atoms with Crippen molar-refractivity contribution in [3.05, 3.63) is 33.8 Å². The van der Waals surface area contributed by atoms with Gasteiger partial charge >= 0.3 is 0 Å². The second-order valence-electron chi connectivity index (χ2n) is 7.43. The molecule has 2 fully saturated rings. The van der Waals surface area contributed by atoms with Gasteiger partial charge in [0.15, 0.2) is 5.69 Å². The van der Waals surface area contributed by atoms with Crippen molar-refractivity contribution in [1.82, 2.24) is 30.5 Å². The molecule has 2 aliphatic heterocycles. The number of hydrogen-bond donors (Lipinski definition) is 2. The molecule has 0 saturated carbocycles. The molecule has 0 bridgehead atoms. The topological polar surface area (TPSA) is 75.1 Å². The maximum absolute atomic E-state index is 12.8. The third-order valence-electron chi connectivity index (χ3n) is 5.71. The number of nitrogens with zero attached hydrogens (tertiary/aromatic N) is 4. The van der Waals surface area contributed by atoms with Gasteiger partial charge in [-0.05, 0) is 70.2 Å². The molecule has 0 spiro atoms. The van der Waals surface area contributed by atoms with E-state index < -0.39 is 0 Å². The summed E-state index contributed by atoms with van der Waals surface area (Å²) in [7, 11) is 0. The van der Waals surface area contributed by atoms with E-state index in [1.165, 1.54) is 17.7 Å². The Labute approximate surface area is 164 Å². The van der Waals surface area contributed by atoms with Crippen LogP contribution in [0.15, 0.2) is 17.5 Å². The third-order valence-corrected chi connectivity index (χ3v) is 6.68. The van der Waals surface area contributed by atoms with Crippen molar-refractivity contribution in [2.75, 3.05) is 32.7 Å². The highest BCUT2D eigenvalue weighted by molar-refractivity contribution is 7.10. The monoisotopic (exact) mass is 388 g/mol. The summed E-state index contributed by atoms with van der Waals surface area (Å²) in [4.78, 5) is 16.6. The van der Waals surface area contributed by atoms with Crippen molar-refractivity contribution < 1.29 is 4.79 Å². The predicted octanol–water partition coefficient (Wildman–Crippen LogP) is 2.14. The van der Waals surface area contributed by atoms with Gasteiger partial charge in [0.25, 0.3) is 5.91 Å². The van der Waals surface area contributed by atoms with Crippen molar-refractivity contribution in [2.24, 2.45) is 0 Å². The van der Waals surface area contributed by atoms with Gasteiger partial charge < -0.3 is 10.6 Å². The Hall–Kier alpha value is -1.77. The normalized spacial score (nSPS) is 20.0. The lowest BCUT2D eigenvalue weighted by molar-refractivity contribution is 0.0932. The first kappa shape index (κ1) is 18.6. The predicted molar refractivity (Wildman–Crippen MR) is 106 cm³/mol. The van der Waals surface area contributed by atoms with E-state index in [0.29, 0.717) is 18.3 Å². The molecule has 4 rings (SSSR count). The van der Waals surface area contributed by atoms with Gasteiger partial charge in [-0.15, -0.1) is 16.4 Å². The second kappa shape index (κ2) is 8.50. The van der Waals surface area contributed by atoms with Gasteiger partial charge in [0.05, 0.1) is 17.8 Å². The lowest BCUT2D eigenvalue weighted by Crippen LogP contribution is -2.36. The molecular formula is C19H28N6OS. The summed E-state index contributed by atoms with van der Waals surface area (Å²) in [5.74, 6) is -0.117. The van der Waals surface area contributed by atoms with E-state index in [9.17, 15) is 4.79 Å². The highest BCUT2D eigenvalue weighted by Gasteiger charge is 2.27. The van der Waals surface area contributed by atoms with E-state index in [1.807, 2.05) is 11.6 Å². The van der Waals surface area contributed by atoms with Crippen LogP contribution in [0.5, 0.6) is 0 Å². The molecular weight excluding hydrogens is 360 g/mol. The standard InChI is InChI=1S/C19H28N6OS/c1-14-18(22-23-25(14)15-6-8-20-9-7-15)19(26)21-13-16(17-5-4-12-27-17)24-10-2-3-11-24/h4-5,12,15-16,20H,2-3,6-11,13H2,1H3,(H,21,26). The van der Waals surface area contributed by atoms with Gasteiger partial charge in [0.2, 0.25) is 0 Å². The summed E-state index contributed by atoms with van der Waals surface area (Å²) in [5, 5.41) is 17.1. The lowest BCUT2D eigenvalue weighted by atomic mass is 10.1. The molecule has 1 unspecified atom stereocenters. The van der Waals surface area contributed by atoms with Crippen LogP contribution in [0, 0.1) is 6.92 Å². The van der Waals surface area contributed by atoms with Crippen LogP contribution < -0.4 is 10.6 Å². The number of likely N-dealkylation sites (tertiary alicyclic amines) is 1. The molecule has 2 N–H and O–H groups in total. The summed E-state index contributed by atoms with van der Waals surface area (Å²) in [5.41, 5.74) is 1.33.